The summed E-state index contributed by atoms with van der Waals surface area (Å²) in [5.41, 5.74) is 6.12. The maximum Gasteiger partial charge on any atom is 0.0135 e. The highest BCUT2D eigenvalue weighted by molar-refractivity contribution is 4.92. The molecule has 2 nitrogen and oxygen atoms in total. The van der Waals surface area contributed by atoms with E-state index in [2.05, 4.69) is 11.9 Å². The van der Waals surface area contributed by atoms with Crippen molar-refractivity contribution in [3.05, 3.63) is 0 Å². The largest absolute Gasteiger partial charge is 0.327 e. The van der Waals surface area contributed by atoms with Gasteiger partial charge in [-0.25, -0.2) is 0 Å². The molecule has 2 N–H and O–H groups in total. The Morgan fingerprint density at radius 3 is 2.67 bits per heavy atom. The maximum atomic E-state index is 6.12. The van der Waals surface area contributed by atoms with Crippen molar-refractivity contribution in [2.24, 2.45) is 11.7 Å². The Balaban J connectivity index is 2.05. The van der Waals surface area contributed by atoms with Gasteiger partial charge in [0.1, 0.15) is 0 Å². The van der Waals surface area contributed by atoms with E-state index in [1.54, 1.807) is 0 Å². The summed E-state index contributed by atoms with van der Waals surface area (Å²) in [6.45, 7) is 1.21. The smallest absolute Gasteiger partial charge is 0.0135 e. The molecule has 0 aromatic rings. The third kappa shape index (κ3) is 1.38. The summed E-state index contributed by atoms with van der Waals surface area (Å²) in [7, 11) is 2.26. The first-order valence-corrected chi connectivity index (χ1v) is 5.25. The molecule has 1 saturated carbocycles. The van der Waals surface area contributed by atoms with Crippen LogP contribution >= 0.6 is 0 Å². The predicted octanol–water partition coefficient (Wildman–Crippen LogP) is 1.21. The number of nitrogens with zero attached hydrogens (tertiary/aromatic N) is 1. The van der Waals surface area contributed by atoms with Crippen molar-refractivity contribution < 1.29 is 0 Å². The Hall–Kier alpha value is -0.0800. The predicted molar refractivity (Wildman–Crippen MR) is 51.0 cm³/mol. The molecule has 2 fully saturated rings. The Bertz CT molecular complexity index is 140. The SMILES string of the molecule is CN1CC[C@@H](N)[C@H]2CCCC[C@@H]21. The molecular weight excluding hydrogens is 148 g/mol. The minimum absolute atomic E-state index is 0.492. The molecule has 70 valence electrons. The number of likely N-dealkylation sites (tertiary alicyclic amines) is 1. The van der Waals surface area contributed by atoms with E-state index in [-0.39, 0.29) is 0 Å². The highest BCUT2D eigenvalue weighted by Gasteiger charge is 2.35. The molecule has 12 heavy (non-hydrogen) atoms. The highest BCUT2D eigenvalue weighted by Crippen LogP contribution is 2.33. The van der Waals surface area contributed by atoms with Gasteiger partial charge in [-0.15, -0.1) is 0 Å². The molecule has 0 aromatic heterocycles. The standard InChI is InChI=1S/C10H20N2/c1-12-7-6-9(11)8-4-2-3-5-10(8)12/h8-10H,2-7,11H2,1H3/t8-,9-,10+/m1/s1. The van der Waals surface area contributed by atoms with Crippen LogP contribution in [0.5, 0.6) is 0 Å². The third-order valence-electron chi connectivity index (χ3n) is 3.71. The van der Waals surface area contributed by atoms with Crippen LogP contribution in [0.25, 0.3) is 0 Å². The Morgan fingerprint density at radius 2 is 1.92 bits per heavy atom. The lowest BCUT2D eigenvalue weighted by Crippen LogP contribution is -2.53. The van der Waals surface area contributed by atoms with Crippen molar-refractivity contribution in [2.75, 3.05) is 13.6 Å². The molecular formula is C10H20N2. The molecule has 0 bridgehead atoms. The Labute approximate surface area is 75.1 Å². The quantitative estimate of drug-likeness (QED) is 0.589. The van der Waals surface area contributed by atoms with E-state index in [9.17, 15) is 0 Å². The molecule has 1 heterocycles. The van der Waals surface area contributed by atoms with Gasteiger partial charge in [0.15, 0.2) is 0 Å². The van der Waals surface area contributed by atoms with Gasteiger partial charge in [-0.1, -0.05) is 12.8 Å². The monoisotopic (exact) mass is 168 g/mol. The van der Waals surface area contributed by atoms with E-state index in [4.69, 9.17) is 5.73 Å². The van der Waals surface area contributed by atoms with Crippen molar-refractivity contribution in [1.29, 1.82) is 0 Å². The summed E-state index contributed by atoms with van der Waals surface area (Å²) in [6, 6.07) is 1.30. The van der Waals surface area contributed by atoms with Crippen molar-refractivity contribution in [1.82, 2.24) is 4.90 Å². The van der Waals surface area contributed by atoms with Gasteiger partial charge in [0.2, 0.25) is 0 Å². The summed E-state index contributed by atoms with van der Waals surface area (Å²) in [5, 5.41) is 0. The van der Waals surface area contributed by atoms with Crippen molar-refractivity contribution >= 4 is 0 Å². The zero-order chi connectivity index (χ0) is 8.55. The fourth-order valence-corrected chi connectivity index (χ4v) is 2.92. The number of nitrogens with two attached hydrogens (primary N) is 1. The summed E-state index contributed by atoms with van der Waals surface area (Å²) in [6.07, 6.45) is 6.78. The van der Waals surface area contributed by atoms with Crippen LogP contribution in [-0.2, 0) is 0 Å². The van der Waals surface area contributed by atoms with E-state index < -0.39 is 0 Å². The van der Waals surface area contributed by atoms with E-state index in [1.165, 1.54) is 38.6 Å². The van der Waals surface area contributed by atoms with Crippen molar-refractivity contribution in [2.45, 2.75) is 44.2 Å². The van der Waals surface area contributed by atoms with Gasteiger partial charge < -0.3 is 10.6 Å². The van der Waals surface area contributed by atoms with Crippen LogP contribution in [-0.4, -0.2) is 30.6 Å². The third-order valence-corrected chi connectivity index (χ3v) is 3.71. The molecule has 1 aliphatic heterocycles. The van der Waals surface area contributed by atoms with Gasteiger partial charge in [-0.3, -0.25) is 0 Å². The molecule has 0 radical (unpaired) electrons. The van der Waals surface area contributed by atoms with Gasteiger partial charge in [-0.2, -0.15) is 0 Å². The number of fused-ring (bicyclic) bond motifs is 1. The second-order valence-corrected chi connectivity index (χ2v) is 4.45. The maximum absolute atomic E-state index is 6.12. The zero-order valence-electron chi connectivity index (χ0n) is 8.00. The number of hydrogen-bond acceptors (Lipinski definition) is 2. The van der Waals surface area contributed by atoms with Crippen LogP contribution in [0.1, 0.15) is 32.1 Å². The second-order valence-electron chi connectivity index (χ2n) is 4.45. The zero-order valence-corrected chi connectivity index (χ0v) is 8.00. The van der Waals surface area contributed by atoms with Crippen molar-refractivity contribution in [3.63, 3.8) is 0 Å². The van der Waals surface area contributed by atoms with Crippen LogP contribution in [0.4, 0.5) is 0 Å². The van der Waals surface area contributed by atoms with Crippen LogP contribution in [0, 0.1) is 5.92 Å². The molecule has 2 aliphatic rings. The van der Waals surface area contributed by atoms with E-state index in [1.807, 2.05) is 0 Å². The number of hydrogen-bond donors (Lipinski definition) is 1. The minimum Gasteiger partial charge on any atom is -0.327 e. The number of piperidine rings is 1. The lowest BCUT2D eigenvalue weighted by molar-refractivity contribution is 0.0679. The first kappa shape index (κ1) is 8.52. The molecule has 0 aromatic carbocycles. The summed E-state index contributed by atoms with van der Waals surface area (Å²) < 4.78 is 0. The summed E-state index contributed by atoms with van der Waals surface area (Å²) >= 11 is 0. The Morgan fingerprint density at radius 1 is 1.17 bits per heavy atom. The molecule has 2 heteroatoms. The lowest BCUT2D eigenvalue weighted by Gasteiger charge is -2.45. The molecule has 0 unspecified atom stereocenters. The highest BCUT2D eigenvalue weighted by atomic mass is 15.1. The molecule has 0 amide bonds. The topological polar surface area (TPSA) is 29.3 Å². The fourth-order valence-electron chi connectivity index (χ4n) is 2.92. The van der Waals surface area contributed by atoms with Crippen LogP contribution < -0.4 is 5.73 Å². The summed E-state index contributed by atoms with van der Waals surface area (Å²) in [4.78, 5) is 2.52. The lowest BCUT2D eigenvalue weighted by atomic mass is 9.76. The average molecular weight is 168 g/mol. The van der Waals surface area contributed by atoms with Crippen molar-refractivity contribution in [3.8, 4) is 0 Å². The van der Waals surface area contributed by atoms with E-state index in [0.717, 1.165) is 12.0 Å². The van der Waals surface area contributed by atoms with E-state index >= 15 is 0 Å². The molecule has 1 aliphatic carbocycles. The van der Waals surface area contributed by atoms with Gasteiger partial charge in [-0.05, 0) is 38.8 Å². The molecule has 1 saturated heterocycles. The van der Waals surface area contributed by atoms with Crippen LogP contribution in [0.2, 0.25) is 0 Å². The normalized spacial score (nSPS) is 44.0. The first-order valence-electron chi connectivity index (χ1n) is 5.25. The second kappa shape index (κ2) is 3.35. The fraction of sp³-hybridized carbons (Fsp3) is 1.00. The van der Waals surface area contributed by atoms with E-state index in [0.29, 0.717) is 6.04 Å². The van der Waals surface area contributed by atoms with Gasteiger partial charge in [0.25, 0.3) is 0 Å². The minimum atomic E-state index is 0.492. The molecule has 2 rings (SSSR count). The summed E-state index contributed by atoms with van der Waals surface area (Å²) in [5.74, 6) is 0.803. The number of rotatable bonds is 0. The first-order chi connectivity index (χ1) is 5.79. The van der Waals surface area contributed by atoms with Gasteiger partial charge in [0, 0.05) is 12.1 Å². The van der Waals surface area contributed by atoms with Gasteiger partial charge in [0.05, 0.1) is 0 Å². The molecule has 3 atom stereocenters. The van der Waals surface area contributed by atoms with Crippen LogP contribution in [0.15, 0.2) is 0 Å². The molecule has 0 spiro atoms. The Kier molecular flexibility index (Phi) is 2.37. The van der Waals surface area contributed by atoms with Gasteiger partial charge >= 0.3 is 0 Å². The average Bonchev–Trinajstić information content (AvgIpc) is 2.12. The van der Waals surface area contributed by atoms with Crippen LogP contribution in [0.3, 0.4) is 0 Å².